The number of hydrogen-bond acceptors (Lipinski definition) is 4. The molecule has 0 aliphatic heterocycles. The predicted octanol–water partition coefficient (Wildman–Crippen LogP) is 5.07. The maximum Gasteiger partial charge on any atom is 0.251 e. The third kappa shape index (κ3) is 5.66. The van der Waals surface area contributed by atoms with Gasteiger partial charge in [-0.2, -0.15) is 0 Å². The van der Waals surface area contributed by atoms with Crippen molar-refractivity contribution in [2.24, 2.45) is 0 Å². The van der Waals surface area contributed by atoms with Crippen LogP contribution in [0.2, 0.25) is 0 Å². The van der Waals surface area contributed by atoms with E-state index >= 15 is 0 Å². The monoisotopic (exact) mass is 472 g/mol. The first-order chi connectivity index (χ1) is 16.5. The number of amides is 2. The normalized spacial score (nSPS) is 10.9. The van der Waals surface area contributed by atoms with Gasteiger partial charge in [-0.05, 0) is 61.6 Å². The van der Waals surface area contributed by atoms with Crippen molar-refractivity contribution in [1.82, 2.24) is 14.9 Å². The average Bonchev–Trinajstić information content (AvgIpc) is 3.19. The molecule has 2 N–H and O–H groups in total. The fraction of sp³-hybridized carbons (Fsp3) is 0.222. The van der Waals surface area contributed by atoms with Crippen LogP contribution in [0.25, 0.3) is 11.0 Å². The number of thioether (sulfide) groups is 1. The highest BCUT2D eigenvalue weighted by molar-refractivity contribution is 7.98. The summed E-state index contributed by atoms with van der Waals surface area (Å²) in [5, 5.41) is 5.98. The molecular formula is C27H28N4O2S. The highest BCUT2D eigenvalue weighted by Crippen LogP contribution is 2.20. The van der Waals surface area contributed by atoms with Gasteiger partial charge in [0.1, 0.15) is 12.4 Å². The Balaban J connectivity index is 1.42. The first-order valence-electron chi connectivity index (χ1n) is 11.3. The maximum absolute atomic E-state index is 12.9. The molecule has 1 aromatic heterocycles. The van der Waals surface area contributed by atoms with Crippen molar-refractivity contribution in [1.29, 1.82) is 0 Å². The van der Waals surface area contributed by atoms with E-state index in [1.807, 2.05) is 90.5 Å². The summed E-state index contributed by atoms with van der Waals surface area (Å²) in [6.07, 6.45) is 3.38. The zero-order valence-corrected chi connectivity index (χ0v) is 20.2. The lowest BCUT2D eigenvalue weighted by Gasteiger charge is -2.11. The summed E-state index contributed by atoms with van der Waals surface area (Å²) < 4.78 is 1.96. The van der Waals surface area contributed by atoms with Crippen molar-refractivity contribution in [2.45, 2.75) is 31.2 Å². The fourth-order valence-electron chi connectivity index (χ4n) is 3.91. The summed E-state index contributed by atoms with van der Waals surface area (Å²) >= 11 is 1.64. The number of carbonyl (C=O) groups excluding carboxylic acids is 2. The van der Waals surface area contributed by atoms with Gasteiger partial charge in [0.15, 0.2) is 0 Å². The van der Waals surface area contributed by atoms with Gasteiger partial charge in [0.2, 0.25) is 5.91 Å². The molecule has 0 aliphatic carbocycles. The predicted molar refractivity (Wildman–Crippen MR) is 138 cm³/mol. The number of para-hydroxylation sites is 2. The van der Waals surface area contributed by atoms with Gasteiger partial charge in [-0.1, -0.05) is 36.4 Å². The molecule has 0 atom stereocenters. The van der Waals surface area contributed by atoms with Crippen molar-refractivity contribution >= 4 is 40.3 Å². The number of anilines is 1. The topological polar surface area (TPSA) is 76.0 Å². The molecule has 7 heteroatoms. The summed E-state index contributed by atoms with van der Waals surface area (Å²) in [5.74, 6) is 0.660. The molecule has 0 fully saturated rings. The summed E-state index contributed by atoms with van der Waals surface area (Å²) in [7, 11) is 0. The van der Waals surface area contributed by atoms with Crippen LogP contribution in [0.1, 0.15) is 28.2 Å². The van der Waals surface area contributed by atoms with Crippen LogP contribution in [0, 0.1) is 6.92 Å². The minimum absolute atomic E-state index is 0.0709. The number of hydrogen-bond donors (Lipinski definition) is 2. The third-order valence-corrected chi connectivity index (χ3v) is 6.37. The Labute approximate surface area is 203 Å². The Kier molecular flexibility index (Phi) is 7.65. The van der Waals surface area contributed by atoms with Crippen molar-refractivity contribution in [3.8, 4) is 0 Å². The molecule has 0 spiro atoms. The van der Waals surface area contributed by atoms with Crippen LogP contribution in [0.3, 0.4) is 0 Å². The Morgan fingerprint density at radius 1 is 1.00 bits per heavy atom. The Morgan fingerprint density at radius 3 is 2.62 bits per heavy atom. The largest absolute Gasteiger partial charge is 0.352 e. The molecule has 0 radical (unpaired) electrons. The van der Waals surface area contributed by atoms with Crippen LogP contribution in [0.4, 0.5) is 5.69 Å². The van der Waals surface area contributed by atoms with E-state index in [0.29, 0.717) is 18.5 Å². The van der Waals surface area contributed by atoms with Gasteiger partial charge < -0.3 is 15.2 Å². The standard InChI is InChI=1S/C27H28N4O2S/c1-19-9-3-4-12-22(19)27(33)28-16-8-15-25-30-23-13-5-6-14-24(23)31(25)18-26(32)29-20-10-7-11-21(17-20)34-2/h3-7,9-14,17H,8,15-16,18H2,1-2H3,(H,28,33)(H,29,32). The lowest BCUT2D eigenvalue weighted by molar-refractivity contribution is -0.116. The second kappa shape index (κ2) is 11.0. The molecule has 0 saturated carbocycles. The quantitative estimate of drug-likeness (QED) is 0.263. The molecular weight excluding hydrogens is 444 g/mol. The molecule has 174 valence electrons. The van der Waals surface area contributed by atoms with E-state index < -0.39 is 0 Å². The second-order valence-corrected chi connectivity index (χ2v) is 8.94. The van der Waals surface area contributed by atoms with Gasteiger partial charge in [0.05, 0.1) is 11.0 Å². The fourth-order valence-corrected chi connectivity index (χ4v) is 4.37. The number of imidazole rings is 1. The Hall–Kier alpha value is -3.58. The van der Waals surface area contributed by atoms with E-state index in [2.05, 4.69) is 10.6 Å². The maximum atomic E-state index is 12.9. The second-order valence-electron chi connectivity index (χ2n) is 8.06. The van der Waals surface area contributed by atoms with Gasteiger partial charge in [0.25, 0.3) is 5.91 Å². The van der Waals surface area contributed by atoms with E-state index in [4.69, 9.17) is 4.98 Å². The molecule has 4 aromatic rings. The molecule has 4 rings (SSSR count). The minimum atomic E-state index is -0.101. The molecule has 2 amide bonds. The van der Waals surface area contributed by atoms with Gasteiger partial charge >= 0.3 is 0 Å². The number of benzene rings is 3. The van der Waals surface area contributed by atoms with Gasteiger partial charge in [0, 0.05) is 29.1 Å². The number of nitrogens with zero attached hydrogens (tertiary/aromatic N) is 2. The highest BCUT2D eigenvalue weighted by Gasteiger charge is 2.14. The van der Waals surface area contributed by atoms with E-state index in [1.54, 1.807) is 11.8 Å². The van der Waals surface area contributed by atoms with E-state index in [-0.39, 0.29) is 18.4 Å². The summed E-state index contributed by atoms with van der Waals surface area (Å²) in [4.78, 5) is 31.2. The number of nitrogens with one attached hydrogen (secondary N) is 2. The zero-order valence-electron chi connectivity index (χ0n) is 19.4. The first kappa shape index (κ1) is 23.6. The lowest BCUT2D eigenvalue weighted by Crippen LogP contribution is -2.26. The first-order valence-corrected chi connectivity index (χ1v) is 12.5. The molecule has 6 nitrogen and oxygen atoms in total. The van der Waals surface area contributed by atoms with E-state index in [0.717, 1.165) is 39.4 Å². The number of rotatable bonds is 9. The average molecular weight is 473 g/mol. The van der Waals surface area contributed by atoms with Crippen LogP contribution in [-0.4, -0.2) is 34.2 Å². The van der Waals surface area contributed by atoms with Gasteiger partial charge in [-0.15, -0.1) is 11.8 Å². The molecule has 0 saturated heterocycles. The number of fused-ring (bicyclic) bond motifs is 1. The SMILES string of the molecule is CSc1cccc(NC(=O)Cn2c(CCCNC(=O)c3ccccc3C)nc3ccccc32)c1. The molecule has 1 heterocycles. The smallest absolute Gasteiger partial charge is 0.251 e. The Morgan fingerprint density at radius 2 is 1.79 bits per heavy atom. The van der Waals surface area contributed by atoms with Crippen molar-refractivity contribution in [3.05, 3.63) is 89.7 Å². The summed E-state index contributed by atoms with van der Waals surface area (Å²) in [6.45, 7) is 2.64. The summed E-state index contributed by atoms with van der Waals surface area (Å²) in [5.41, 5.74) is 4.21. The summed E-state index contributed by atoms with van der Waals surface area (Å²) in [6, 6.07) is 23.2. The van der Waals surface area contributed by atoms with E-state index in [9.17, 15) is 9.59 Å². The van der Waals surface area contributed by atoms with Crippen molar-refractivity contribution in [3.63, 3.8) is 0 Å². The molecule has 3 aromatic carbocycles. The van der Waals surface area contributed by atoms with Crippen LogP contribution < -0.4 is 10.6 Å². The molecule has 0 bridgehead atoms. The van der Waals surface area contributed by atoms with Crippen LogP contribution >= 0.6 is 11.8 Å². The number of aromatic nitrogens is 2. The minimum Gasteiger partial charge on any atom is -0.352 e. The molecule has 34 heavy (non-hydrogen) atoms. The van der Waals surface area contributed by atoms with Crippen molar-refractivity contribution < 1.29 is 9.59 Å². The van der Waals surface area contributed by atoms with Crippen LogP contribution in [0.15, 0.2) is 77.7 Å². The van der Waals surface area contributed by atoms with Crippen LogP contribution in [-0.2, 0) is 17.8 Å². The molecule has 0 aliphatic rings. The van der Waals surface area contributed by atoms with E-state index in [1.165, 1.54) is 0 Å². The van der Waals surface area contributed by atoms with Gasteiger partial charge in [-0.25, -0.2) is 4.98 Å². The molecule has 0 unspecified atom stereocenters. The Bertz CT molecular complexity index is 1310. The number of aryl methyl sites for hydroxylation is 2. The lowest BCUT2D eigenvalue weighted by atomic mass is 10.1. The van der Waals surface area contributed by atoms with Crippen LogP contribution in [0.5, 0.6) is 0 Å². The highest BCUT2D eigenvalue weighted by atomic mass is 32.2. The van der Waals surface area contributed by atoms with Crippen molar-refractivity contribution in [2.75, 3.05) is 18.1 Å². The zero-order chi connectivity index (χ0) is 23.9. The third-order valence-electron chi connectivity index (χ3n) is 5.64. The number of carbonyl (C=O) groups is 2. The van der Waals surface area contributed by atoms with Gasteiger partial charge in [-0.3, -0.25) is 9.59 Å².